The van der Waals surface area contributed by atoms with Crippen LogP contribution in [-0.2, 0) is 4.79 Å². The molecule has 0 aliphatic heterocycles. The second-order valence-corrected chi connectivity index (χ2v) is 6.25. The molecule has 0 saturated heterocycles. The normalized spacial score (nSPS) is 12.2. The van der Waals surface area contributed by atoms with Gasteiger partial charge in [0.25, 0.3) is 0 Å². The van der Waals surface area contributed by atoms with Crippen LogP contribution in [0.2, 0.25) is 0 Å². The predicted molar refractivity (Wildman–Crippen MR) is 80.9 cm³/mol. The highest BCUT2D eigenvalue weighted by Gasteiger charge is 2.15. The van der Waals surface area contributed by atoms with Crippen molar-refractivity contribution in [3.8, 4) is 6.07 Å². The third-order valence-electron chi connectivity index (χ3n) is 3.09. The van der Waals surface area contributed by atoms with Crippen LogP contribution in [0.1, 0.15) is 29.3 Å². The molecule has 0 spiro atoms. The molecule has 1 unspecified atom stereocenters. The minimum atomic E-state index is -0.367. The highest BCUT2D eigenvalue weighted by Crippen LogP contribution is 2.31. The van der Waals surface area contributed by atoms with Crippen LogP contribution in [0.15, 0.2) is 0 Å². The lowest BCUT2D eigenvalue weighted by atomic mass is 10.2. The Balaban J connectivity index is 2.59. The summed E-state index contributed by atoms with van der Waals surface area (Å²) in [5.41, 5.74) is 1.47. The van der Waals surface area contributed by atoms with Crippen LogP contribution in [0, 0.1) is 25.2 Å². The Morgan fingerprint density at radius 3 is 2.75 bits per heavy atom. The van der Waals surface area contributed by atoms with Crippen molar-refractivity contribution >= 4 is 22.2 Å². The number of aliphatic hydroxyl groups is 1. The number of thiophene rings is 1. The number of carbonyl (C=O) groups is 1. The van der Waals surface area contributed by atoms with E-state index in [0.29, 0.717) is 23.5 Å². The number of nitriles is 1. The molecule has 5 nitrogen and oxygen atoms in total. The Hall–Kier alpha value is -1.42. The number of aryl methyl sites for hydroxylation is 1. The molecule has 1 aromatic heterocycles. The van der Waals surface area contributed by atoms with E-state index in [0.717, 1.165) is 10.4 Å². The van der Waals surface area contributed by atoms with E-state index in [1.54, 1.807) is 6.92 Å². The fourth-order valence-corrected chi connectivity index (χ4v) is 2.77. The molecule has 20 heavy (non-hydrogen) atoms. The van der Waals surface area contributed by atoms with Gasteiger partial charge in [-0.15, -0.1) is 11.3 Å². The van der Waals surface area contributed by atoms with Crippen molar-refractivity contribution in [1.82, 2.24) is 4.90 Å². The van der Waals surface area contributed by atoms with E-state index in [1.807, 2.05) is 25.8 Å². The molecule has 1 aromatic rings. The summed E-state index contributed by atoms with van der Waals surface area (Å²) < 4.78 is 0. The Kier molecular flexibility index (Phi) is 6.14. The first-order chi connectivity index (χ1) is 9.35. The zero-order valence-electron chi connectivity index (χ0n) is 12.4. The molecule has 6 heteroatoms. The summed E-state index contributed by atoms with van der Waals surface area (Å²) in [6.45, 7) is 6.44. The minimum Gasteiger partial charge on any atom is -0.393 e. The zero-order chi connectivity index (χ0) is 15.3. The molecule has 110 valence electrons. The lowest BCUT2D eigenvalue weighted by Crippen LogP contribution is -2.31. The minimum absolute atomic E-state index is 0.143. The van der Waals surface area contributed by atoms with Crippen LogP contribution in [0.3, 0.4) is 0 Å². The third-order valence-corrected chi connectivity index (χ3v) is 4.21. The smallest absolute Gasteiger partial charge is 0.239 e. The molecule has 1 heterocycles. The van der Waals surface area contributed by atoms with Crippen LogP contribution >= 0.6 is 11.3 Å². The first kappa shape index (κ1) is 16.6. The lowest BCUT2D eigenvalue weighted by molar-refractivity contribution is -0.117. The molecule has 0 fully saturated rings. The number of rotatable bonds is 6. The highest BCUT2D eigenvalue weighted by molar-refractivity contribution is 7.16. The van der Waals surface area contributed by atoms with Crippen LogP contribution in [0.5, 0.6) is 0 Å². The van der Waals surface area contributed by atoms with E-state index in [9.17, 15) is 9.90 Å². The summed E-state index contributed by atoms with van der Waals surface area (Å²) in [6, 6.07) is 2.13. The van der Waals surface area contributed by atoms with Gasteiger partial charge in [0.2, 0.25) is 5.91 Å². The van der Waals surface area contributed by atoms with Gasteiger partial charge in [0.15, 0.2) is 0 Å². The van der Waals surface area contributed by atoms with Crippen LogP contribution in [0.25, 0.3) is 0 Å². The second-order valence-electron chi connectivity index (χ2n) is 5.02. The average Bonchev–Trinajstić information content (AvgIpc) is 2.61. The SMILES string of the molecule is Cc1sc(NC(=O)CN(C)CCC(C)O)c(C#N)c1C. The second kappa shape index (κ2) is 7.39. The van der Waals surface area contributed by atoms with E-state index in [2.05, 4.69) is 11.4 Å². The Morgan fingerprint density at radius 1 is 1.55 bits per heavy atom. The Bertz CT molecular complexity index is 517. The van der Waals surface area contributed by atoms with E-state index < -0.39 is 0 Å². The number of aliphatic hydroxyl groups excluding tert-OH is 1. The van der Waals surface area contributed by atoms with Crippen LogP contribution in [-0.4, -0.2) is 42.2 Å². The van der Waals surface area contributed by atoms with Crippen molar-refractivity contribution < 1.29 is 9.90 Å². The molecule has 0 bridgehead atoms. The molecular weight excluding hydrogens is 274 g/mol. The predicted octanol–water partition coefficient (Wildman–Crippen LogP) is 1.88. The fourth-order valence-electron chi connectivity index (χ4n) is 1.75. The van der Waals surface area contributed by atoms with Gasteiger partial charge < -0.3 is 10.4 Å². The van der Waals surface area contributed by atoms with Crippen molar-refractivity contribution in [2.24, 2.45) is 0 Å². The first-order valence-electron chi connectivity index (χ1n) is 6.51. The molecule has 0 radical (unpaired) electrons. The first-order valence-corrected chi connectivity index (χ1v) is 7.33. The van der Waals surface area contributed by atoms with Crippen molar-refractivity contribution in [3.05, 3.63) is 16.0 Å². The molecule has 1 rings (SSSR count). The number of nitrogens with one attached hydrogen (secondary N) is 1. The van der Waals surface area contributed by atoms with E-state index in [4.69, 9.17) is 5.26 Å². The molecule has 1 amide bonds. The summed E-state index contributed by atoms with van der Waals surface area (Å²) >= 11 is 1.43. The number of anilines is 1. The number of hydrogen-bond donors (Lipinski definition) is 2. The van der Waals surface area contributed by atoms with Gasteiger partial charge in [0.05, 0.1) is 18.2 Å². The quantitative estimate of drug-likeness (QED) is 0.840. The van der Waals surface area contributed by atoms with Gasteiger partial charge in [-0.2, -0.15) is 5.26 Å². The van der Waals surface area contributed by atoms with Gasteiger partial charge in [-0.25, -0.2) is 0 Å². The summed E-state index contributed by atoms with van der Waals surface area (Å²) in [5.74, 6) is -0.143. The van der Waals surface area contributed by atoms with Crippen molar-refractivity contribution in [3.63, 3.8) is 0 Å². The molecule has 0 saturated carbocycles. The number of hydrogen-bond acceptors (Lipinski definition) is 5. The number of likely N-dealkylation sites (N-methyl/N-ethyl adjacent to an activating group) is 1. The van der Waals surface area contributed by atoms with Crippen LogP contribution in [0.4, 0.5) is 5.00 Å². The maximum atomic E-state index is 11.9. The maximum absolute atomic E-state index is 11.9. The van der Waals surface area contributed by atoms with Gasteiger partial charge in [0, 0.05) is 11.4 Å². The van der Waals surface area contributed by atoms with Gasteiger partial charge in [-0.3, -0.25) is 9.69 Å². The van der Waals surface area contributed by atoms with Gasteiger partial charge >= 0.3 is 0 Å². The molecule has 0 aromatic carbocycles. The van der Waals surface area contributed by atoms with E-state index in [1.165, 1.54) is 11.3 Å². The molecule has 1 atom stereocenters. The fraction of sp³-hybridized carbons (Fsp3) is 0.571. The monoisotopic (exact) mass is 295 g/mol. The largest absolute Gasteiger partial charge is 0.393 e. The summed E-state index contributed by atoms with van der Waals surface area (Å²) in [5, 5.41) is 21.7. The third kappa shape index (κ3) is 4.60. The number of carbonyl (C=O) groups excluding carboxylic acids is 1. The number of nitrogens with zero attached hydrogens (tertiary/aromatic N) is 2. The highest BCUT2D eigenvalue weighted by atomic mass is 32.1. The van der Waals surface area contributed by atoms with Crippen molar-refractivity contribution in [1.29, 1.82) is 5.26 Å². The van der Waals surface area contributed by atoms with E-state index >= 15 is 0 Å². The van der Waals surface area contributed by atoms with Crippen molar-refractivity contribution in [2.45, 2.75) is 33.3 Å². The van der Waals surface area contributed by atoms with Crippen molar-refractivity contribution in [2.75, 3.05) is 25.5 Å². The molecule has 0 aliphatic rings. The molecular formula is C14H21N3O2S. The Morgan fingerprint density at radius 2 is 2.20 bits per heavy atom. The van der Waals surface area contributed by atoms with Gasteiger partial charge in [0.1, 0.15) is 11.1 Å². The zero-order valence-corrected chi connectivity index (χ0v) is 13.2. The van der Waals surface area contributed by atoms with Gasteiger partial charge in [-0.1, -0.05) is 0 Å². The Labute approximate surface area is 123 Å². The maximum Gasteiger partial charge on any atom is 0.239 e. The summed E-state index contributed by atoms with van der Waals surface area (Å²) in [6.07, 6.45) is 0.262. The van der Waals surface area contributed by atoms with E-state index in [-0.39, 0.29) is 18.6 Å². The van der Waals surface area contributed by atoms with Gasteiger partial charge in [-0.05, 0) is 39.8 Å². The number of amides is 1. The standard InChI is InChI=1S/C14H21N3O2S/c1-9(18)5-6-17(4)8-13(19)16-14-12(7-15)10(2)11(3)20-14/h9,18H,5-6,8H2,1-4H3,(H,16,19). The average molecular weight is 295 g/mol. The lowest BCUT2D eigenvalue weighted by Gasteiger charge is -2.16. The molecule has 0 aliphatic carbocycles. The topological polar surface area (TPSA) is 76.4 Å². The summed E-state index contributed by atoms with van der Waals surface area (Å²) in [7, 11) is 1.83. The molecule has 2 N–H and O–H groups in total. The van der Waals surface area contributed by atoms with Crippen LogP contribution < -0.4 is 5.32 Å². The summed E-state index contributed by atoms with van der Waals surface area (Å²) in [4.78, 5) is 14.8.